The molecule has 0 bridgehead atoms. The zero-order chi connectivity index (χ0) is 60.2. The minimum atomic E-state index is -4.73. The summed E-state index contributed by atoms with van der Waals surface area (Å²) in [6.07, 6.45) is -5.47. The number of carbonyl (C=O) groups excluding carboxylic acids is 2. The molecular weight excluding hydrogens is 1210 g/mol. The SMILES string of the molecule is CC1(C)[C@@H]2[C@@H](C(=O)CCc3ccc(F)c(-c4cnc(C(F)(F)F)nc4)c3)N(S(=O)(=O)c3ccc(F)cc3)C[C@@H]21.CC1(C)[C@@H]2[C@@H](C(=O)CCc3ccc(F)c(Br)c3)N(S(=O)(=O)c3ccc(F)cc3)C[C@@H]21.OB(O)c1cnc(C(F)(F)F)nc1. The van der Waals surface area contributed by atoms with Gasteiger partial charge in [-0.05, 0) is 147 Å². The smallest absolute Gasteiger partial charge is 0.423 e. The number of nitrogens with zero attached hydrogens (tertiary/aromatic N) is 6. The van der Waals surface area contributed by atoms with Crippen molar-refractivity contribution in [3.05, 3.63) is 160 Å². The van der Waals surface area contributed by atoms with Gasteiger partial charge in [0.05, 0.1) is 26.3 Å². The first-order valence-corrected chi connectivity index (χ1v) is 28.8. The third kappa shape index (κ3) is 13.0. The zero-order valence-corrected chi connectivity index (χ0v) is 46.9. The van der Waals surface area contributed by atoms with Gasteiger partial charge in [-0.25, -0.2) is 54.3 Å². The van der Waals surface area contributed by atoms with E-state index in [9.17, 15) is 70.3 Å². The van der Waals surface area contributed by atoms with E-state index in [-0.39, 0.29) is 111 Å². The summed E-state index contributed by atoms with van der Waals surface area (Å²) < 4.78 is 184. The summed E-state index contributed by atoms with van der Waals surface area (Å²) in [4.78, 5) is 38.9. The number of Topliss-reactive ketones (excluding diaryl/α,β-unsaturated/α-hetero) is 2. The number of halogens is 11. The van der Waals surface area contributed by atoms with Crippen molar-refractivity contribution in [1.29, 1.82) is 0 Å². The number of ketones is 2. The van der Waals surface area contributed by atoms with E-state index in [2.05, 4.69) is 49.7 Å². The minimum Gasteiger partial charge on any atom is -0.423 e. The Morgan fingerprint density at radius 3 is 1.35 bits per heavy atom. The summed E-state index contributed by atoms with van der Waals surface area (Å²) in [6.45, 7) is 8.56. The quantitative estimate of drug-likeness (QED) is 0.0776. The van der Waals surface area contributed by atoms with Crippen molar-refractivity contribution in [2.75, 3.05) is 13.1 Å². The van der Waals surface area contributed by atoms with E-state index < -0.39 is 80.7 Å². The van der Waals surface area contributed by atoms with Crippen LogP contribution in [0.25, 0.3) is 11.1 Å². The highest BCUT2D eigenvalue weighted by molar-refractivity contribution is 9.10. The molecule has 0 unspecified atom stereocenters. The Bertz CT molecular complexity index is 3590. The van der Waals surface area contributed by atoms with Crippen molar-refractivity contribution in [2.24, 2.45) is 34.5 Å². The molecule has 2 aliphatic heterocycles. The van der Waals surface area contributed by atoms with Crippen molar-refractivity contribution in [2.45, 2.75) is 87.6 Å². The van der Waals surface area contributed by atoms with E-state index in [1.165, 1.54) is 51.1 Å². The van der Waals surface area contributed by atoms with Gasteiger partial charge in [0, 0.05) is 67.3 Å². The molecule has 2 aromatic heterocycles. The highest BCUT2D eigenvalue weighted by atomic mass is 79.9. The van der Waals surface area contributed by atoms with Gasteiger partial charge in [0.2, 0.25) is 31.7 Å². The van der Waals surface area contributed by atoms with E-state index in [0.29, 0.717) is 28.9 Å². The van der Waals surface area contributed by atoms with Gasteiger partial charge in [0.15, 0.2) is 11.6 Å². The molecule has 2 aliphatic carbocycles. The number of aryl methyl sites for hydroxylation is 2. The fourth-order valence-electron chi connectivity index (χ4n) is 10.9. The molecule has 10 rings (SSSR count). The van der Waals surface area contributed by atoms with Crippen LogP contribution in [0.3, 0.4) is 0 Å². The van der Waals surface area contributed by atoms with Crippen LogP contribution in [0.4, 0.5) is 43.9 Å². The van der Waals surface area contributed by atoms with E-state index in [0.717, 1.165) is 48.3 Å². The lowest BCUT2D eigenvalue weighted by atomic mass is 9.83. The Morgan fingerprint density at radius 1 is 0.598 bits per heavy atom. The fraction of sp³-hybridized carbons (Fsp3) is 0.370. The number of hydrogen-bond acceptors (Lipinski definition) is 12. The number of sulfonamides is 2. The summed E-state index contributed by atoms with van der Waals surface area (Å²) >= 11 is 3.14. The maximum absolute atomic E-state index is 14.5. The highest BCUT2D eigenvalue weighted by Gasteiger charge is 2.71. The van der Waals surface area contributed by atoms with Gasteiger partial charge >= 0.3 is 19.5 Å². The molecule has 2 N–H and O–H groups in total. The molecular formula is C54H50BBrF10N6O8S2. The second-order valence-electron chi connectivity index (χ2n) is 21.4. The number of alkyl halides is 6. The van der Waals surface area contributed by atoms with Crippen LogP contribution in [0.1, 0.15) is 63.3 Å². The molecule has 6 atom stereocenters. The molecule has 2 saturated carbocycles. The minimum absolute atomic E-state index is 0.0109. The van der Waals surface area contributed by atoms with E-state index >= 15 is 0 Å². The second kappa shape index (κ2) is 23.2. The van der Waals surface area contributed by atoms with Crippen LogP contribution in [0.15, 0.2) is 124 Å². The van der Waals surface area contributed by atoms with Gasteiger partial charge in [0.1, 0.15) is 23.3 Å². The van der Waals surface area contributed by atoms with Crippen molar-refractivity contribution >= 4 is 60.1 Å². The molecule has 4 aromatic carbocycles. The van der Waals surface area contributed by atoms with Gasteiger partial charge in [-0.2, -0.15) is 35.0 Å². The summed E-state index contributed by atoms with van der Waals surface area (Å²) in [7, 11) is -9.81. The average molecular weight is 1260 g/mol. The molecule has 0 spiro atoms. The second-order valence-corrected chi connectivity index (χ2v) is 26.0. The summed E-state index contributed by atoms with van der Waals surface area (Å²) in [5, 5.41) is 17.0. The molecule has 0 radical (unpaired) electrons. The first-order chi connectivity index (χ1) is 38.1. The third-order valence-corrected chi connectivity index (χ3v) is 19.9. The van der Waals surface area contributed by atoms with Crippen LogP contribution in [0, 0.1) is 57.8 Å². The van der Waals surface area contributed by atoms with Crippen molar-refractivity contribution in [3.63, 3.8) is 0 Å². The largest absolute Gasteiger partial charge is 0.491 e. The lowest BCUT2D eigenvalue weighted by Gasteiger charge is -2.29. The molecule has 82 heavy (non-hydrogen) atoms. The molecule has 436 valence electrons. The number of carbonyl (C=O) groups is 2. The average Bonchev–Trinajstić information content (AvgIpc) is 3.05. The highest BCUT2D eigenvalue weighted by Crippen LogP contribution is 2.67. The maximum atomic E-state index is 14.5. The Morgan fingerprint density at radius 2 is 0.976 bits per heavy atom. The monoisotopic (exact) mass is 1250 g/mol. The van der Waals surface area contributed by atoms with Crippen LogP contribution >= 0.6 is 15.9 Å². The van der Waals surface area contributed by atoms with Crippen LogP contribution in [-0.2, 0) is 54.8 Å². The lowest BCUT2D eigenvalue weighted by molar-refractivity contribution is -0.145. The van der Waals surface area contributed by atoms with Gasteiger partial charge in [-0.15, -0.1) is 0 Å². The Labute approximate surface area is 473 Å². The number of fused-ring (bicyclic) bond motifs is 2. The molecule has 4 heterocycles. The van der Waals surface area contributed by atoms with Crippen molar-refractivity contribution in [1.82, 2.24) is 28.5 Å². The van der Waals surface area contributed by atoms with Crippen LogP contribution < -0.4 is 5.46 Å². The molecule has 0 amide bonds. The Kier molecular flexibility index (Phi) is 17.5. The van der Waals surface area contributed by atoms with Crippen LogP contribution in [0.5, 0.6) is 0 Å². The maximum Gasteiger partial charge on any atom is 0.491 e. The standard InChI is InChI=1S/C27H24F5N3O3S.C22H22BrF2NO3S.C5H4BF3N2O2/c1-26(2)20-14-35(39(37,38)18-7-5-17(28)6-8-18)24(23(20)26)22(36)10-4-15-3-9-21(29)19(11-15)16-12-33-25(34-13-16)27(30,31)32;1-22(2)16-12-26(30(28,29)15-7-5-14(24)6-8-15)21(20(16)22)19(27)10-4-13-3-9-18(25)17(23)11-13;7-5(8,9)4-10-1-3(2-11-4)6(12)13/h3,5-9,11-13,20,23-24H,4,10,14H2,1-2H3;3,5-9,11,16,20-21H,4,10,12H2,1-2H3;1-2,12-13H/t20-,23-,24+;16-,20-,21+;/m00./s1. The summed E-state index contributed by atoms with van der Waals surface area (Å²) in [5.74, 6) is -5.28. The number of rotatable bonds is 14. The predicted molar refractivity (Wildman–Crippen MR) is 280 cm³/mol. The molecule has 6 aromatic rings. The Balaban J connectivity index is 0.000000180. The normalized spacial score (nSPS) is 21.7. The molecule has 4 aliphatic rings. The molecule has 14 nitrogen and oxygen atoms in total. The number of benzene rings is 4. The topological polar surface area (TPSA) is 201 Å². The number of hydrogen-bond donors (Lipinski definition) is 2. The van der Waals surface area contributed by atoms with E-state index in [1.54, 1.807) is 12.1 Å². The van der Waals surface area contributed by atoms with Crippen molar-refractivity contribution < 1.29 is 80.4 Å². The first kappa shape index (κ1) is 62.0. The summed E-state index contributed by atoms with van der Waals surface area (Å²) in [6, 6.07) is 16.1. The zero-order valence-electron chi connectivity index (χ0n) is 43.7. The first-order valence-electron chi connectivity index (χ1n) is 25.1. The van der Waals surface area contributed by atoms with Crippen molar-refractivity contribution in [3.8, 4) is 11.1 Å². The Hall–Kier alpha value is -6.04. The van der Waals surface area contributed by atoms with Gasteiger partial charge in [-0.3, -0.25) is 9.59 Å². The predicted octanol–water partition coefficient (Wildman–Crippen LogP) is 9.04. The number of piperidine rings is 2. The van der Waals surface area contributed by atoms with Gasteiger partial charge in [-0.1, -0.05) is 39.8 Å². The molecule has 4 fully saturated rings. The fourth-order valence-corrected chi connectivity index (χ4v) is 14.6. The van der Waals surface area contributed by atoms with Gasteiger partial charge < -0.3 is 10.0 Å². The number of aromatic nitrogens is 4. The van der Waals surface area contributed by atoms with Crippen LogP contribution in [0.2, 0.25) is 0 Å². The van der Waals surface area contributed by atoms with Gasteiger partial charge in [0.25, 0.3) is 0 Å². The molecule has 2 saturated heterocycles. The van der Waals surface area contributed by atoms with E-state index in [4.69, 9.17) is 10.0 Å². The lowest BCUT2D eigenvalue weighted by Crippen LogP contribution is -2.45. The molecule has 28 heteroatoms. The van der Waals surface area contributed by atoms with E-state index in [1.807, 2.05) is 13.8 Å². The summed E-state index contributed by atoms with van der Waals surface area (Å²) in [5.41, 5.74) is 0.885. The third-order valence-electron chi connectivity index (χ3n) is 15.6. The van der Waals surface area contributed by atoms with Crippen LogP contribution in [-0.4, -0.2) is 99.3 Å².